The maximum atomic E-state index is 11.3. The van der Waals surface area contributed by atoms with E-state index in [1.165, 1.54) is 0 Å². The van der Waals surface area contributed by atoms with E-state index in [0.29, 0.717) is 0 Å². The van der Waals surface area contributed by atoms with Crippen molar-refractivity contribution in [2.45, 2.75) is 20.4 Å². The topological polar surface area (TPSA) is 34.9 Å². The number of nitrogens with zero attached hydrogens (tertiary/aromatic N) is 2. The first kappa shape index (κ1) is 8.94. The summed E-state index contributed by atoms with van der Waals surface area (Å²) in [5.74, 6) is 0.0878. The Morgan fingerprint density at radius 3 is 3.00 bits per heavy atom. The molecule has 0 aliphatic rings. The van der Waals surface area contributed by atoms with Crippen molar-refractivity contribution in [1.29, 1.82) is 0 Å². The molecule has 0 fully saturated rings. The Balaban J connectivity index is 2.78. The second-order valence-corrected chi connectivity index (χ2v) is 3.25. The van der Waals surface area contributed by atoms with Crippen LogP contribution in [-0.2, 0) is 6.54 Å². The number of pyridine rings is 1. The molecule has 0 bridgehead atoms. The van der Waals surface area contributed by atoms with Crippen LogP contribution in [0.1, 0.15) is 24.3 Å². The molecule has 0 aliphatic heterocycles. The normalized spacial score (nSPS) is 10.7. The van der Waals surface area contributed by atoms with Crippen molar-refractivity contribution >= 4 is 16.8 Å². The molecule has 0 amide bonds. The van der Waals surface area contributed by atoms with Crippen molar-refractivity contribution in [3.63, 3.8) is 0 Å². The Hall–Kier alpha value is -1.64. The lowest BCUT2D eigenvalue weighted by Crippen LogP contribution is -2.04. The quantitative estimate of drug-likeness (QED) is 0.677. The number of hydrogen-bond donors (Lipinski definition) is 0. The lowest BCUT2D eigenvalue weighted by molar-refractivity contribution is 0.100. The zero-order valence-corrected chi connectivity index (χ0v) is 8.32. The molecule has 3 heteroatoms. The van der Waals surface area contributed by atoms with Crippen LogP contribution in [0.5, 0.6) is 0 Å². The largest absolute Gasteiger partial charge is 0.323 e. The van der Waals surface area contributed by atoms with Gasteiger partial charge in [0.2, 0.25) is 0 Å². The number of hydrogen-bond acceptors (Lipinski definition) is 2. The minimum atomic E-state index is 0.0878. The Labute approximate surface area is 82.4 Å². The molecular formula is C11H12N2O. The fraction of sp³-hybridized carbons (Fsp3) is 0.273. The van der Waals surface area contributed by atoms with Crippen molar-refractivity contribution in [1.82, 2.24) is 9.55 Å². The highest BCUT2D eigenvalue weighted by Crippen LogP contribution is 2.17. The first-order chi connectivity index (χ1) is 6.74. The zero-order valence-electron chi connectivity index (χ0n) is 8.32. The monoisotopic (exact) mass is 188 g/mol. The molecule has 14 heavy (non-hydrogen) atoms. The summed E-state index contributed by atoms with van der Waals surface area (Å²) >= 11 is 0. The van der Waals surface area contributed by atoms with Gasteiger partial charge < -0.3 is 4.57 Å². The summed E-state index contributed by atoms with van der Waals surface area (Å²) in [4.78, 5) is 15.6. The summed E-state index contributed by atoms with van der Waals surface area (Å²) < 4.78 is 1.94. The zero-order chi connectivity index (χ0) is 10.1. The molecule has 2 aromatic rings. The lowest BCUT2D eigenvalue weighted by Gasteiger charge is -2.02. The SMILES string of the molecule is CCn1c(C(C)=O)cc2cccnc21. The molecule has 2 aromatic heterocycles. The molecule has 0 N–H and O–H groups in total. The van der Waals surface area contributed by atoms with Crippen molar-refractivity contribution in [3.8, 4) is 0 Å². The van der Waals surface area contributed by atoms with Crippen LogP contribution in [0.15, 0.2) is 24.4 Å². The van der Waals surface area contributed by atoms with Gasteiger partial charge >= 0.3 is 0 Å². The first-order valence-electron chi connectivity index (χ1n) is 4.69. The molecule has 0 saturated heterocycles. The van der Waals surface area contributed by atoms with Crippen LogP contribution in [-0.4, -0.2) is 15.3 Å². The second-order valence-electron chi connectivity index (χ2n) is 3.25. The van der Waals surface area contributed by atoms with E-state index in [1.54, 1.807) is 13.1 Å². The number of carbonyl (C=O) groups excluding carboxylic acids is 1. The molecular weight excluding hydrogens is 176 g/mol. The summed E-state index contributed by atoms with van der Waals surface area (Å²) in [7, 11) is 0. The molecule has 0 radical (unpaired) electrons. The minimum absolute atomic E-state index is 0.0878. The smallest absolute Gasteiger partial charge is 0.176 e. The molecule has 0 aliphatic carbocycles. The average Bonchev–Trinajstić information content (AvgIpc) is 2.56. The molecule has 72 valence electrons. The average molecular weight is 188 g/mol. The van der Waals surface area contributed by atoms with Gasteiger partial charge in [-0.2, -0.15) is 0 Å². The van der Waals surface area contributed by atoms with Gasteiger partial charge in [0.1, 0.15) is 5.65 Å². The molecule has 0 saturated carbocycles. The molecule has 0 atom stereocenters. The molecule has 3 nitrogen and oxygen atoms in total. The molecule has 2 rings (SSSR count). The summed E-state index contributed by atoms with van der Waals surface area (Å²) in [6, 6.07) is 5.75. The Bertz CT molecular complexity index is 485. The second kappa shape index (κ2) is 3.25. The van der Waals surface area contributed by atoms with Crippen LogP contribution in [0.25, 0.3) is 11.0 Å². The van der Waals surface area contributed by atoms with Gasteiger partial charge in [-0.25, -0.2) is 4.98 Å². The van der Waals surface area contributed by atoms with Crippen LogP contribution < -0.4 is 0 Å². The van der Waals surface area contributed by atoms with E-state index in [4.69, 9.17) is 0 Å². The van der Waals surface area contributed by atoms with Crippen LogP contribution >= 0.6 is 0 Å². The van der Waals surface area contributed by atoms with Crippen molar-refractivity contribution in [2.24, 2.45) is 0 Å². The van der Waals surface area contributed by atoms with Gasteiger partial charge in [0.15, 0.2) is 5.78 Å². The third-order valence-corrected chi connectivity index (χ3v) is 2.33. The third kappa shape index (κ3) is 1.21. The predicted molar refractivity (Wildman–Crippen MR) is 55.4 cm³/mol. The highest BCUT2D eigenvalue weighted by atomic mass is 16.1. The van der Waals surface area contributed by atoms with Crippen LogP contribution in [0.3, 0.4) is 0 Å². The van der Waals surface area contributed by atoms with Crippen molar-refractivity contribution < 1.29 is 4.79 Å². The van der Waals surface area contributed by atoms with Crippen LogP contribution in [0.2, 0.25) is 0 Å². The van der Waals surface area contributed by atoms with E-state index < -0.39 is 0 Å². The summed E-state index contributed by atoms with van der Waals surface area (Å²) in [5.41, 5.74) is 1.63. The highest BCUT2D eigenvalue weighted by molar-refractivity contribution is 5.97. The Morgan fingerprint density at radius 1 is 1.57 bits per heavy atom. The van der Waals surface area contributed by atoms with Crippen molar-refractivity contribution in [2.75, 3.05) is 0 Å². The van der Waals surface area contributed by atoms with E-state index in [0.717, 1.165) is 23.3 Å². The third-order valence-electron chi connectivity index (χ3n) is 2.33. The number of Topliss-reactive ketones (excluding diaryl/α,β-unsaturated/α-hetero) is 1. The number of ketones is 1. The van der Waals surface area contributed by atoms with Gasteiger partial charge in [-0.15, -0.1) is 0 Å². The summed E-state index contributed by atoms with van der Waals surface area (Å²) in [6.07, 6.45) is 1.75. The van der Waals surface area contributed by atoms with E-state index in [-0.39, 0.29) is 5.78 Å². The van der Waals surface area contributed by atoms with Crippen molar-refractivity contribution in [3.05, 3.63) is 30.1 Å². The molecule has 0 aromatic carbocycles. The predicted octanol–water partition coefficient (Wildman–Crippen LogP) is 2.26. The number of aryl methyl sites for hydroxylation is 1. The highest BCUT2D eigenvalue weighted by Gasteiger charge is 2.10. The molecule has 0 unspecified atom stereocenters. The van der Waals surface area contributed by atoms with E-state index in [2.05, 4.69) is 4.98 Å². The molecule has 2 heterocycles. The minimum Gasteiger partial charge on any atom is -0.323 e. The van der Waals surface area contributed by atoms with Gasteiger partial charge in [-0.05, 0) is 25.1 Å². The molecule has 0 spiro atoms. The van der Waals surface area contributed by atoms with Crippen LogP contribution in [0.4, 0.5) is 0 Å². The number of rotatable bonds is 2. The number of fused-ring (bicyclic) bond motifs is 1. The lowest BCUT2D eigenvalue weighted by atomic mass is 10.3. The van der Waals surface area contributed by atoms with Gasteiger partial charge in [0.25, 0.3) is 0 Å². The Morgan fingerprint density at radius 2 is 2.36 bits per heavy atom. The van der Waals surface area contributed by atoms with Gasteiger partial charge in [-0.1, -0.05) is 0 Å². The maximum absolute atomic E-state index is 11.3. The fourth-order valence-electron chi connectivity index (χ4n) is 1.70. The van der Waals surface area contributed by atoms with E-state index >= 15 is 0 Å². The number of aromatic nitrogens is 2. The summed E-state index contributed by atoms with van der Waals surface area (Å²) in [5, 5.41) is 1.03. The van der Waals surface area contributed by atoms with Gasteiger partial charge in [0, 0.05) is 25.1 Å². The maximum Gasteiger partial charge on any atom is 0.176 e. The first-order valence-corrected chi connectivity index (χ1v) is 4.69. The van der Waals surface area contributed by atoms with Crippen LogP contribution in [0, 0.1) is 0 Å². The van der Waals surface area contributed by atoms with Gasteiger partial charge in [0.05, 0.1) is 5.69 Å². The van der Waals surface area contributed by atoms with E-state index in [9.17, 15) is 4.79 Å². The van der Waals surface area contributed by atoms with E-state index in [1.807, 2.05) is 29.7 Å². The van der Waals surface area contributed by atoms with Gasteiger partial charge in [-0.3, -0.25) is 4.79 Å². The number of carbonyl (C=O) groups is 1. The fourth-order valence-corrected chi connectivity index (χ4v) is 1.70. The summed E-state index contributed by atoms with van der Waals surface area (Å²) in [6.45, 7) is 4.37. The Kier molecular flexibility index (Phi) is 2.08. The standard InChI is InChI=1S/C11H12N2O/c1-3-13-10(8(2)14)7-9-5-4-6-12-11(9)13/h4-7H,3H2,1-2H3.